The Morgan fingerprint density at radius 1 is 1.09 bits per heavy atom. The van der Waals surface area contributed by atoms with Gasteiger partial charge < -0.3 is 4.74 Å². The molecule has 1 aromatic carbocycles. The molecule has 3 aliphatic rings. The number of hydrazine groups is 1. The van der Waals surface area contributed by atoms with E-state index in [0.29, 0.717) is 5.92 Å². The lowest BCUT2D eigenvalue weighted by molar-refractivity contribution is 0.0271. The summed E-state index contributed by atoms with van der Waals surface area (Å²) in [5.74, 6) is 0.401. The van der Waals surface area contributed by atoms with Gasteiger partial charge in [-0.3, -0.25) is 5.01 Å². The molecule has 0 aromatic heterocycles. The molecule has 0 radical (unpaired) electrons. The van der Waals surface area contributed by atoms with Gasteiger partial charge in [0.2, 0.25) is 0 Å². The van der Waals surface area contributed by atoms with E-state index in [9.17, 15) is 4.79 Å². The number of amides is 1. The number of hydrogen-bond donors (Lipinski definition) is 0. The number of hydrogen-bond acceptors (Lipinski definition) is 3. The average molecular weight is 300 g/mol. The summed E-state index contributed by atoms with van der Waals surface area (Å²) in [5, 5.41) is 4.07. The Hall–Kier alpha value is -1.71. The Morgan fingerprint density at radius 3 is 2.36 bits per heavy atom. The molecule has 3 atom stereocenters. The fourth-order valence-corrected chi connectivity index (χ4v) is 5.14. The third kappa shape index (κ3) is 1.32. The quantitative estimate of drug-likeness (QED) is 0.789. The molecule has 4 heteroatoms. The topological polar surface area (TPSA) is 32.8 Å². The van der Waals surface area contributed by atoms with Crippen LogP contribution in [-0.2, 0) is 4.74 Å². The van der Waals surface area contributed by atoms with Crippen LogP contribution < -0.4 is 5.01 Å². The van der Waals surface area contributed by atoms with Crippen molar-refractivity contribution in [2.75, 3.05) is 5.01 Å². The van der Waals surface area contributed by atoms with Crippen molar-refractivity contribution in [2.24, 2.45) is 5.92 Å². The number of ether oxygens (including phenoxy) is 1. The van der Waals surface area contributed by atoms with Gasteiger partial charge in [-0.2, -0.15) is 0 Å². The summed E-state index contributed by atoms with van der Waals surface area (Å²) in [5.41, 5.74) is 1.53. The Bertz CT molecular complexity index is 654. The Balaban J connectivity index is 1.90. The molecule has 2 saturated heterocycles. The Kier molecular flexibility index (Phi) is 2.39. The fraction of sp³-hybridized carbons (Fsp3) is 0.611. The van der Waals surface area contributed by atoms with E-state index >= 15 is 0 Å². The van der Waals surface area contributed by atoms with Crippen LogP contribution in [0.25, 0.3) is 0 Å². The van der Waals surface area contributed by atoms with Crippen molar-refractivity contribution in [3.05, 3.63) is 29.8 Å². The van der Waals surface area contributed by atoms with Gasteiger partial charge in [-0.05, 0) is 59.6 Å². The molecule has 4 rings (SSSR count). The van der Waals surface area contributed by atoms with Crippen LogP contribution in [0.3, 0.4) is 0 Å². The molecule has 0 N–H and O–H groups in total. The molecule has 22 heavy (non-hydrogen) atoms. The first-order valence-corrected chi connectivity index (χ1v) is 8.12. The molecule has 1 aromatic rings. The first kappa shape index (κ1) is 13.9. The van der Waals surface area contributed by atoms with Crippen LogP contribution in [-0.4, -0.2) is 27.8 Å². The molecule has 4 nitrogen and oxygen atoms in total. The highest BCUT2D eigenvalue weighted by Gasteiger charge is 2.76. The summed E-state index contributed by atoms with van der Waals surface area (Å²) in [4.78, 5) is 12.7. The number of carbonyl (C=O) groups excluding carboxylic acids is 1. The summed E-state index contributed by atoms with van der Waals surface area (Å²) in [7, 11) is 0. The average Bonchev–Trinajstić information content (AvgIpc) is 2.87. The predicted molar refractivity (Wildman–Crippen MR) is 85.6 cm³/mol. The first-order valence-electron chi connectivity index (χ1n) is 8.12. The zero-order valence-corrected chi connectivity index (χ0v) is 14.0. The number of nitrogens with zero attached hydrogens (tertiary/aromatic N) is 2. The van der Waals surface area contributed by atoms with Gasteiger partial charge in [0.25, 0.3) is 0 Å². The maximum Gasteiger partial charge on any atom is 0.430 e. The van der Waals surface area contributed by atoms with Gasteiger partial charge >= 0.3 is 6.09 Å². The third-order valence-corrected chi connectivity index (χ3v) is 6.46. The van der Waals surface area contributed by atoms with Gasteiger partial charge in [-0.15, -0.1) is 0 Å². The lowest BCUT2D eigenvalue weighted by Crippen LogP contribution is -2.54. The highest BCUT2D eigenvalue weighted by atomic mass is 16.6. The molecule has 2 aliphatic heterocycles. The van der Waals surface area contributed by atoms with Crippen LogP contribution in [0.15, 0.2) is 24.3 Å². The molecule has 118 valence electrons. The maximum absolute atomic E-state index is 12.7. The van der Waals surface area contributed by atoms with Crippen molar-refractivity contribution >= 4 is 11.8 Å². The minimum atomic E-state index is -0.383. The molecule has 0 spiro atoms. The van der Waals surface area contributed by atoms with E-state index in [0.717, 1.165) is 18.5 Å². The van der Waals surface area contributed by atoms with Crippen molar-refractivity contribution in [3.8, 4) is 0 Å². The summed E-state index contributed by atoms with van der Waals surface area (Å²) in [6, 6.07) is 8.40. The maximum atomic E-state index is 12.7. The fourth-order valence-electron chi connectivity index (χ4n) is 5.14. The van der Waals surface area contributed by atoms with Crippen LogP contribution in [0, 0.1) is 12.8 Å². The molecule has 2 heterocycles. The van der Waals surface area contributed by atoms with Gasteiger partial charge in [0.05, 0.1) is 11.2 Å². The number of rotatable bonds is 1. The van der Waals surface area contributed by atoms with Crippen LogP contribution in [0.2, 0.25) is 0 Å². The lowest BCUT2D eigenvalue weighted by Gasteiger charge is -2.39. The van der Waals surface area contributed by atoms with Gasteiger partial charge in [0.1, 0.15) is 11.1 Å². The summed E-state index contributed by atoms with van der Waals surface area (Å²) in [6.07, 6.45) is 1.83. The van der Waals surface area contributed by atoms with Crippen molar-refractivity contribution in [2.45, 2.75) is 64.1 Å². The van der Waals surface area contributed by atoms with Crippen molar-refractivity contribution in [1.29, 1.82) is 0 Å². The van der Waals surface area contributed by atoms with E-state index in [4.69, 9.17) is 4.74 Å². The van der Waals surface area contributed by atoms with Gasteiger partial charge in [0.15, 0.2) is 0 Å². The van der Waals surface area contributed by atoms with E-state index in [1.807, 2.05) is 5.01 Å². The summed E-state index contributed by atoms with van der Waals surface area (Å²) >= 11 is 0. The van der Waals surface area contributed by atoms with Crippen LogP contribution >= 0.6 is 0 Å². The van der Waals surface area contributed by atoms with E-state index in [1.165, 1.54) is 5.56 Å². The van der Waals surface area contributed by atoms with Crippen molar-refractivity contribution in [3.63, 3.8) is 0 Å². The highest BCUT2D eigenvalue weighted by molar-refractivity contribution is 5.78. The van der Waals surface area contributed by atoms with E-state index in [1.54, 1.807) is 0 Å². The third-order valence-electron chi connectivity index (χ3n) is 6.46. The second kappa shape index (κ2) is 3.79. The monoisotopic (exact) mass is 300 g/mol. The zero-order chi connectivity index (χ0) is 15.9. The summed E-state index contributed by atoms with van der Waals surface area (Å²) in [6.45, 7) is 10.9. The number of benzene rings is 1. The highest BCUT2D eigenvalue weighted by Crippen LogP contribution is 2.63. The molecule has 0 unspecified atom stereocenters. The minimum absolute atomic E-state index is 0.110. The van der Waals surface area contributed by atoms with Crippen molar-refractivity contribution < 1.29 is 9.53 Å². The lowest BCUT2D eigenvalue weighted by atomic mass is 9.74. The second-order valence-corrected chi connectivity index (χ2v) is 7.95. The molecule has 1 saturated carbocycles. The normalized spacial score (nSPS) is 38.4. The standard InChI is InChI=1S/C18H24N2O2/c1-12-6-8-13(9-7-12)19-16(2,3)14-10-11-17(4)18(14,5)20(19)15(21)22-17/h6-9,14H,10-11H2,1-5H3/t14-,17-,18-/m1/s1. The van der Waals surface area contributed by atoms with Gasteiger partial charge in [-0.25, -0.2) is 9.80 Å². The molecular formula is C18H24N2O2. The molecular weight excluding hydrogens is 276 g/mol. The molecule has 3 fully saturated rings. The SMILES string of the molecule is Cc1ccc(N2N3C(=O)O[C@]4(C)CC[C@H](C2(C)C)[C@@]34C)cc1. The van der Waals surface area contributed by atoms with E-state index < -0.39 is 0 Å². The Morgan fingerprint density at radius 2 is 1.73 bits per heavy atom. The largest absolute Gasteiger partial charge is 0.439 e. The van der Waals surface area contributed by atoms with E-state index in [2.05, 4.69) is 63.9 Å². The zero-order valence-electron chi connectivity index (χ0n) is 14.0. The van der Waals surface area contributed by atoms with E-state index in [-0.39, 0.29) is 22.8 Å². The van der Waals surface area contributed by atoms with Crippen LogP contribution in [0.4, 0.5) is 10.5 Å². The first-order chi connectivity index (χ1) is 10.2. The van der Waals surface area contributed by atoms with Gasteiger partial charge in [0, 0.05) is 5.92 Å². The molecule has 0 bridgehead atoms. The summed E-state index contributed by atoms with van der Waals surface area (Å²) < 4.78 is 5.82. The second-order valence-electron chi connectivity index (χ2n) is 7.95. The number of anilines is 1. The van der Waals surface area contributed by atoms with Crippen molar-refractivity contribution in [1.82, 2.24) is 5.01 Å². The smallest absolute Gasteiger partial charge is 0.430 e. The molecule has 1 aliphatic carbocycles. The number of carbonyl (C=O) groups is 1. The van der Waals surface area contributed by atoms with Crippen LogP contribution in [0.5, 0.6) is 0 Å². The van der Waals surface area contributed by atoms with Gasteiger partial charge in [-0.1, -0.05) is 17.7 Å². The number of aryl methyl sites for hydroxylation is 1. The minimum Gasteiger partial charge on any atom is -0.439 e. The van der Waals surface area contributed by atoms with Crippen LogP contribution in [0.1, 0.15) is 46.1 Å². The predicted octanol–water partition coefficient (Wildman–Crippen LogP) is 3.89. The Labute approximate surface area is 132 Å². The molecule has 1 amide bonds.